The molecule has 0 aliphatic heterocycles. The Morgan fingerprint density at radius 1 is 1.58 bits per heavy atom. The fourth-order valence-corrected chi connectivity index (χ4v) is 3.56. The molecule has 0 radical (unpaired) electrons. The van der Waals surface area contributed by atoms with Gasteiger partial charge < -0.3 is 5.11 Å². The molecule has 2 N–H and O–H groups in total. The van der Waals surface area contributed by atoms with E-state index >= 15 is 0 Å². The summed E-state index contributed by atoms with van der Waals surface area (Å²) in [6, 6.07) is 1.66. The second-order valence-electron chi connectivity index (χ2n) is 3.56. The summed E-state index contributed by atoms with van der Waals surface area (Å²) < 4.78 is 27.5. The van der Waals surface area contributed by atoms with Crippen LogP contribution >= 0.6 is 11.3 Å². The molecule has 0 aliphatic carbocycles. The number of nitrogens with zero attached hydrogens (tertiary/aromatic N) is 3. The number of rotatable bonds is 5. The molecular weight excluding hydrogens is 292 g/mol. The summed E-state index contributed by atoms with van der Waals surface area (Å²) in [7, 11) is -2.22. The maximum Gasteiger partial charge on any atom is 0.356 e. The molecule has 102 valence electrons. The largest absolute Gasteiger partial charge is 0.476 e. The van der Waals surface area contributed by atoms with Crippen LogP contribution in [0.1, 0.15) is 16.2 Å². The number of thiazole rings is 1. The minimum absolute atomic E-state index is 0.0236. The number of carboxylic acids is 1. The Hall–Kier alpha value is -1.78. The molecule has 2 heterocycles. The van der Waals surface area contributed by atoms with E-state index in [0.29, 0.717) is 5.69 Å². The molecule has 0 amide bonds. The Balaban J connectivity index is 2.21. The van der Waals surface area contributed by atoms with E-state index in [2.05, 4.69) is 14.8 Å². The molecule has 2 rings (SSSR count). The number of aromatic nitrogens is 3. The molecule has 0 aromatic carbocycles. The van der Waals surface area contributed by atoms with E-state index in [0.717, 1.165) is 11.3 Å². The zero-order chi connectivity index (χ0) is 14.0. The maximum atomic E-state index is 12.0. The van der Waals surface area contributed by atoms with Gasteiger partial charge in [-0.2, -0.15) is 5.10 Å². The fraction of sp³-hybridized carbons (Fsp3) is 0.222. The zero-order valence-electron chi connectivity index (χ0n) is 9.77. The molecule has 2 aromatic rings. The van der Waals surface area contributed by atoms with E-state index in [9.17, 15) is 13.2 Å². The molecular formula is C9H10N4O4S2. The minimum atomic E-state index is -3.90. The van der Waals surface area contributed by atoms with Gasteiger partial charge in [0, 0.05) is 13.2 Å². The summed E-state index contributed by atoms with van der Waals surface area (Å²) in [6.07, 6.45) is 1.54. The highest BCUT2D eigenvalue weighted by atomic mass is 32.2. The number of carboxylic acid groups (broad SMARTS) is 1. The average molecular weight is 302 g/mol. The van der Waals surface area contributed by atoms with Gasteiger partial charge in [0.25, 0.3) is 10.0 Å². The third kappa shape index (κ3) is 2.80. The van der Waals surface area contributed by atoms with Crippen LogP contribution in [0.3, 0.4) is 0 Å². The van der Waals surface area contributed by atoms with Gasteiger partial charge in [-0.15, -0.1) is 11.3 Å². The van der Waals surface area contributed by atoms with Crippen molar-refractivity contribution in [3.05, 3.63) is 29.2 Å². The van der Waals surface area contributed by atoms with Crippen molar-refractivity contribution in [1.29, 1.82) is 0 Å². The first-order valence-corrected chi connectivity index (χ1v) is 7.41. The van der Waals surface area contributed by atoms with Gasteiger partial charge in [0.05, 0.1) is 17.7 Å². The summed E-state index contributed by atoms with van der Waals surface area (Å²) in [4.78, 5) is 14.4. The van der Waals surface area contributed by atoms with Gasteiger partial charge in [-0.3, -0.25) is 4.68 Å². The normalized spacial score (nSPS) is 11.6. The van der Waals surface area contributed by atoms with E-state index in [1.807, 2.05) is 0 Å². The quantitative estimate of drug-likeness (QED) is 0.807. The molecule has 0 saturated heterocycles. The van der Waals surface area contributed by atoms with Crippen LogP contribution in [0, 0.1) is 0 Å². The van der Waals surface area contributed by atoms with Gasteiger partial charge in [0.2, 0.25) is 0 Å². The van der Waals surface area contributed by atoms with Crippen molar-refractivity contribution in [2.24, 2.45) is 7.05 Å². The molecule has 8 nitrogen and oxygen atoms in total. The summed E-state index contributed by atoms with van der Waals surface area (Å²) in [6.45, 7) is 0.0236. The Bertz CT molecular complexity index is 703. The van der Waals surface area contributed by atoms with Crippen molar-refractivity contribution >= 4 is 27.3 Å². The number of hydrogen-bond donors (Lipinski definition) is 2. The molecule has 0 bridgehead atoms. The SMILES string of the molecule is Cn1nccc1CNS(=O)(=O)c1scnc1C(=O)O. The lowest BCUT2D eigenvalue weighted by Gasteiger charge is -2.05. The Morgan fingerprint density at radius 2 is 2.32 bits per heavy atom. The molecule has 0 spiro atoms. The topological polar surface area (TPSA) is 114 Å². The molecule has 0 unspecified atom stereocenters. The van der Waals surface area contributed by atoms with Crippen molar-refractivity contribution in [2.45, 2.75) is 10.8 Å². The minimum Gasteiger partial charge on any atom is -0.476 e. The van der Waals surface area contributed by atoms with E-state index in [1.54, 1.807) is 19.3 Å². The van der Waals surface area contributed by atoms with Crippen molar-refractivity contribution in [1.82, 2.24) is 19.5 Å². The summed E-state index contributed by atoms with van der Waals surface area (Å²) in [5.74, 6) is -1.37. The lowest BCUT2D eigenvalue weighted by molar-refractivity contribution is 0.0687. The van der Waals surface area contributed by atoms with Crippen molar-refractivity contribution in [3.8, 4) is 0 Å². The van der Waals surface area contributed by atoms with Crippen LogP contribution in [0.4, 0.5) is 0 Å². The average Bonchev–Trinajstić information content (AvgIpc) is 2.95. The van der Waals surface area contributed by atoms with Gasteiger partial charge >= 0.3 is 5.97 Å². The van der Waals surface area contributed by atoms with E-state index in [4.69, 9.17) is 5.11 Å². The van der Waals surface area contributed by atoms with Crippen LogP contribution in [-0.4, -0.2) is 34.3 Å². The van der Waals surface area contributed by atoms with Gasteiger partial charge in [0.15, 0.2) is 9.90 Å². The van der Waals surface area contributed by atoms with Gasteiger partial charge in [-0.25, -0.2) is 22.9 Å². The Morgan fingerprint density at radius 3 is 2.89 bits per heavy atom. The summed E-state index contributed by atoms with van der Waals surface area (Å²) >= 11 is 0.761. The number of aryl methyl sites for hydroxylation is 1. The lowest BCUT2D eigenvalue weighted by atomic mass is 10.4. The molecule has 2 aromatic heterocycles. The molecule has 0 aliphatic rings. The monoisotopic (exact) mass is 302 g/mol. The first-order valence-electron chi connectivity index (χ1n) is 5.05. The zero-order valence-corrected chi connectivity index (χ0v) is 11.4. The molecule has 10 heteroatoms. The van der Waals surface area contributed by atoms with Gasteiger partial charge in [0.1, 0.15) is 0 Å². The lowest BCUT2D eigenvalue weighted by Crippen LogP contribution is -2.25. The number of aromatic carboxylic acids is 1. The Labute approximate surface area is 112 Å². The van der Waals surface area contributed by atoms with Gasteiger partial charge in [-0.1, -0.05) is 0 Å². The summed E-state index contributed by atoms with van der Waals surface area (Å²) in [5.41, 5.74) is 1.37. The fourth-order valence-electron chi connectivity index (χ4n) is 1.38. The van der Waals surface area contributed by atoms with Crippen LogP contribution in [0.2, 0.25) is 0 Å². The van der Waals surface area contributed by atoms with E-state index in [-0.39, 0.29) is 10.8 Å². The second kappa shape index (κ2) is 5.07. The first-order chi connectivity index (χ1) is 8.92. The number of sulfonamides is 1. The van der Waals surface area contributed by atoms with Crippen LogP contribution in [0.25, 0.3) is 0 Å². The van der Waals surface area contributed by atoms with Crippen molar-refractivity contribution in [3.63, 3.8) is 0 Å². The Kier molecular flexibility index (Phi) is 3.64. The maximum absolute atomic E-state index is 12.0. The standard InChI is InChI=1S/C9H10N4O4S2/c1-13-6(2-3-11-13)4-12-19(16,17)9-7(8(14)15)10-5-18-9/h2-3,5,12H,4H2,1H3,(H,14,15). The first kappa shape index (κ1) is 13.6. The highest BCUT2D eigenvalue weighted by molar-refractivity contribution is 7.91. The highest BCUT2D eigenvalue weighted by Crippen LogP contribution is 2.20. The summed E-state index contributed by atoms with van der Waals surface area (Å²) in [5, 5.41) is 12.8. The molecule has 19 heavy (non-hydrogen) atoms. The third-order valence-corrected chi connectivity index (χ3v) is 5.12. The molecule has 0 atom stereocenters. The smallest absolute Gasteiger partial charge is 0.356 e. The predicted octanol–water partition coefficient (Wildman–Crippen LogP) is 0.0533. The van der Waals surface area contributed by atoms with Crippen LogP contribution in [-0.2, 0) is 23.6 Å². The molecule has 0 fully saturated rings. The second-order valence-corrected chi connectivity index (χ2v) is 6.38. The highest BCUT2D eigenvalue weighted by Gasteiger charge is 2.25. The number of hydrogen-bond acceptors (Lipinski definition) is 6. The van der Waals surface area contributed by atoms with Crippen LogP contribution < -0.4 is 4.72 Å². The van der Waals surface area contributed by atoms with Crippen molar-refractivity contribution < 1.29 is 18.3 Å². The van der Waals surface area contributed by atoms with Crippen molar-refractivity contribution in [2.75, 3.05) is 0 Å². The third-order valence-electron chi connectivity index (χ3n) is 2.35. The van der Waals surface area contributed by atoms with E-state index < -0.39 is 21.7 Å². The van der Waals surface area contributed by atoms with Crippen LogP contribution in [0.15, 0.2) is 22.0 Å². The molecule has 0 saturated carbocycles. The van der Waals surface area contributed by atoms with Crippen LogP contribution in [0.5, 0.6) is 0 Å². The number of carbonyl (C=O) groups is 1. The predicted molar refractivity (Wildman–Crippen MR) is 66.3 cm³/mol. The van der Waals surface area contributed by atoms with Gasteiger partial charge in [-0.05, 0) is 6.07 Å². The number of nitrogens with one attached hydrogen (secondary N) is 1. The van der Waals surface area contributed by atoms with E-state index in [1.165, 1.54) is 10.2 Å².